The molecule has 5 heteroatoms. The summed E-state index contributed by atoms with van der Waals surface area (Å²) in [5.74, 6) is 0. The van der Waals surface area contributed by atoms with Crippen molar-refractivity contribution < 1.29 is 0 Å². The van der Waals surface area contributed by atoms with Crippen LogP contribution in [0.25, 0.3) is 0 Å². The van der Waals surface area contributed by atoms with E-state index >= 15 is 0 Å². The van der Waals surface area contributed by atoms with Gasteiger partial charge in [-0.3, -0.25) is 0 Å². The van der Waals surface area contributed by atoms with Crippen LogP contribution in [0.4, 0.5) is 0 Å². The lowest BCUT2D eigenvalue weighted by Crippen LogP contribution is -2.40. The molecule has 0 spiro atoms. The maximum absolute atomic E-state index is 6.05. The van der Waals surface area contributed by atoms with Gasteiger partial charge in [0.2, 0.25) is 0 Å². The van der Waals surface area contributed by atoms with Crippen LogP contribution in [-0.4, -0.2) is 40.4 Å². The van der Waals surface area contributed by atoms with Crippen LogP contribution >= 0.6 is 23.8 Å². The van der Waals surface area contributed by atoms with E-state index in [1.54, 1.807) is 0 Å². The van der Waals surface area contributed by atoms with E-state index in [0.717, 1.165) is 60.3 Å². The highest BCUT2D eigenvalue weighted by atomic mass is 35.5. The van der Waals surface area contributed by atoms with Gasteiger partial charge in [-0.05, 0) is 42.8 Å². The van der Waals surface area contributed by atoms with Gasteiger partial charge in [0.25, 0.3) is 0 Å². The number of hydrogen-bond acceptors (Lipinski definition) is 2. The smallest absolute Gasteiger partial charge is 0.192 e. The zero-order valence-corrected chi connectivity index (χ0v) is 14.3. The van der Waals surface area contributed by atoms with E-state index in [9.17, 15) is 0 Å². The topological polar surface area (TPSA) is 18.8 Å². The second kappa shape index (κ2) is 7.76. The number of nitrogens with zero attached hydrogens (tertiary/aromatic N) is 3. The largest absolute Gasteiger partial charge is 0.348 e. The highest BCUT2D eigenvalue weighted by Gasteiger charge is 2.22. The lowest BCUT2D eigenvalue weighted by atomic mass is 10.1. The van der Waals surface area contributed by atoms with Gasteiger partial charge in [0.15, 0.2) is 5.11 Å². The van der Waals surface area contributed by atoms with E-state index in [1.165, 1.54) is 0 Å². The first-order valence-electron chi connectivity index (χ1n) is 7.55. The minimum atomic E-state index is 0.745. The molecular formula is C16H22ClN3S. The van der Waals surface area contributed by atoms with E-state index in [-0.39, 0.29) is 0 Å². The fourth-order valence-electron chi connectivity index (χ4n) is 2.47. The molecule has 0 bridgehead atoms. The van der Waals surface area contributed by atoms with Crippen molar-refractivity contribution in [3.05, 3.63) is 34.9 Å². The molecule has 0 saturated carbocycles. The van der Waals surface area contributed by atoms with Crippen molar-refractivity contribution in [3.63, 3.8) is 0 Å². The number of rotatable bonds is 5. The summed E-state index contributed by atoms with van der Waals surface area (Å²) in [5.41, 5.74) is 2.15. The first-order valence-corrected chi connectivity index (χ1v) is 8.34. The van der Waals surface area contributed by atoms with Gasteiger partial charge in [-0.15, -0.1) is 0 Å². The molecule has 0 unspecified atom stereocenters. The summed E-state index contributed by atoms with van der Waals surface area (Å²) >= 11 is 11.7. The van der Waals surface area contributed by atoms with Gasteiger partial charge in [0.05, 0.1) is 5.71 Å². The molecule has 1 aromatic rings. The molecule has 0 radical (unpaired) electrons. The third-order valence-corrected chi connectivity index (χ3v) is 4.14. The number of thiocarbonyl (C=S) groups is 1. The lowest BCUT2D eigenvalue weighted by molar-refractivity contribution is 0.348. The van der Waals surface area contributed by atoms with Crippen LogP contribution in [0.5, 0.6) is 0 Å². The van der Waals surface area contributed by atoms with Crippen molar-refractivity contribution in [2.45, 2.75) is 33.1 Å². The highest BCUT2D eigenvalue weighted by molar-refractivity contribution is 7.80. The molecule has 2 rings (SSSR count). The summed E-state index contributed by atoms with van der Waals surface area (Å²) in [5, 5.41) is 8.24. The van der Waals surface area contributed by atoms with Crippen molar-refractivity contribution in [1.29, 1.82) is 0 Å². The zero-order valence-electron chi connectivity index (χ0n) is 12.7. The van der Waals surface area contributed by atoms with Gasteiger partial charge in [-0.1, -0.05) is 37.6 Å². The van der Waals surface area contributed by atoms with Crippen molar-refractivity contribution in [3.8, 4) is 0 Å². The average molecular weight is 324 g/mol. The van der Waals surface area contributed by atoms with Crippen LogP contribution in [0.2, 0.25) is 5.02 Å². The van der Waals surface area contributed by atoms with Crippen molar-refractivity contribution >= 4 is 34.6 Å². The van der Waals surface area contributed by atoms with E-state index in [0.29, 0.717) is 0 Å². The molecule has 1 aromatic carbocycles. The zero-order chi connectivity index (χ0) is 15.2. The van der Waals surface area contributed by atoms with E-state index in [4.69, 9.17) is 28.9 Å². The van der Waals surface area contributed by atoms with Crippen LogP contribution in [0.1, 0.15) is 38.7 Å². The third-order valence-electron chi connectivity index (χ3n) is 3.44. The molecule has 0 aromatic heterocycles. The molecule has 0 aliphatic carbocycles. The highest BCUT2D eigenvalue weighted by Crippen LogP contribution is 2.18. The maximum Gasteiger partial charge on any atom is 0.192 e. The fourth-order valence-corrected chi connectivity index (χ4v) is 2.98. The Hall–Kier alpha value is -1.13. The second-order valence-electron chi connectivity index (χ2n) is 5.20. The summed E-state index contributed by atoms with van der Waals surface area (Å²) < 4.78 is 0. The first kappa shape index (κ1) is 16.2. The van der Waals surface area contributed by atoms with E-state index < -0.39 is 0 Å². The van der Waals surface area contributed by atoms with Gasteiger partial charge in [0.1, 0.15) is 0 Å². The minimum absolute atomic E-state index is 0.745. The standard InChI is InChI=1S/C16H22ClN3S/c1-3-9-19(10-4-2)16(21)20-11-8-15(18-20)13-6-5-7-14(17)12-13/h5-7,12H,3-4,8-11H2,1-2H3. The molecule has 0 fully saturated rings. The quantitative estimate of drug-likeness (QED) is 0.758. The minimum Gasteiger partial charge on any atom is -0.348 e. The molecule has 21 heavy (non-hydrogen) atoms. The van der Waals surface area contributed by atoms with Gasteiger partial charge >= 0.3 is 0 Å². The monoisotopic (exact) mass is 323 g/mol. The summed E-state index contributed by atoms with van der Waals surface area (Å²) in [6, 6.07) is 7.85. The molecule has 0 N–H and O–H groups in total. The molecule has 1 aliphatic rings. The van der Waals surface area contributed by atoms with Crippen LogP contribution < -0.4 is 0 Å². The number of benzene rings is 1. The Bertz CT molecular complexity index is 524. The number of hydrogen-bond donors (Lipinski definition) is 0. The molecule has 1 aliphatic heterocycles. The van der Waals surface area contributed by atoms with E-state index in [1.807, 2.05) is 29.3 Å². The Labute approximate surface area is 137 Å². The second-order valence-corrected chi connectivity index (χ2v) is 6.00. The Balaban J connectivity index is 2.10. The van der Waals surface area contributed by atoms with Crippen molar-refractivity contribution in [1.82, 2.24) is 9.91 Å². The average Bonchev–Trinajstić information content (AvgIpc) is 2.96. The van der Waals surface area contributed by atoms with Gasteiger partial charge < -0.3 is 4.90 Å². The van der Waals surface area contributed by atoms with E-state index in [2.05, 4.69) is 18.7 Å². The van der Waals surface area contributed by atoms with Crippen molar-refractivity contribution in [2.24, 2.45) is 5.10 Å². The van der Waals surface area contributed by atoms with Gasteiger partial charge in [0, 0.05) is 31.1 Å². The fraction of sp³-hybridized carbons (Fsp3) is 0.500. The van der Waals surface area contributed by atoms with Crippen molar-refractivity contribution in [2.75, 3.05) is 19.6 Å². The molecule has 114 valence electrons. The molecule has 3 nitrogen and oxygen atoms in total. The molecule has 0 atom stereocenters. The summed E-state index contributed by atoms with van der Waals surface area (Å²) in [6.45, 7) is 7.19. The molecule has 1 heterocycles. The maximum atomic E-state index is 6.05. The Morgan fingerprint density at radius 3 is 2.67 bits per heavy atom. The normalized spacial score (nSPS) is 14.2. The van der Waals surface area contributed by atoms with Gasteiger partial charge in [-0.2, -0.15) is 5.10 Å². The third kappa shape index (κ3) is 4.17. The lowest BCUT2D eigenvalue weighted by Gasteiger charge is -2.28. The Morgan fingerprint density at radius 2 is 2.05 bits per heavy atom. The Morgan fingerprint density at radius 1 is 1.33 bits per heavy atom. The molecule has 0 amide bonds. The van der Waals surface area contributed by atoms with Crippen LogP contribution in [0.15, 0.2) is 29.4 Å². The Kier molecular flexibility index (Phi) is 6.00. The van der Waals surface area contributed by atoms with Crippen LogP contribution in [0.3, 0.4) is 0 Å². The SMILES string of the molecule is CCCN(CCC)C(=S)N1CCC(c2cccc(Cl)c2)=N1. The summed E-state index contributed by atoms with van der Waals surface area (Å²) in [6.07, 6.45) is 3.10. The summed E-state index contributed by atoms with van der Waals surface area (Å²) in [7, 11) is 0. The number of halogens is 1. The van der Waals surface area contributed by atoms with Crippen LogP contribution in [-0.2, 0) is 0 Å². The van der Waals surface area contributed by atoms with Crippen LogP contribution in [0, 0.1) is 0 Å². The summed E-state index contributed by atoms with van der Waals surface area (Å²) in [4.78, 5) is 2.25. The molecular weight excluding hydrogens is 302 g/mol. The number of hydrazone groups is 1. The van der Waals surface area contributed by atoms with Gasteiger partial charge in [-0.25, -0.2) is 5.01 Å². The predicted molar refractivity (Wildman–Crippen MR) is 94.1 cm³/mol. The molecule has 0 saturated heterocycles. The first-order chi connectivity index (χ1) is 10.2. The predicted octanol–water partition coefficient (Wildman–Crippen LogP) is 4.16.